The van der Waals surface area contributed by atoms with E-state index in [0.717, 1.165) is 61.4 Å². The van der Waals surface area contributed by atoms with Gasteiger partial charge in [-0.1, -0.05) is 74.5 Å². The van der Waals surface area contributed by atoms with Gasteiger partial charge in [0.05, 0.1) is 34.0 Å². The van der Waals surface area contributed by atoms with Gasteiger partial charge < -0.3 is 15.3 Å². The lowest BCUT2D eigenvalue weighted by molar-refractivity contribution is -0.118. The van der Waals surface area contributed by atoms with Gasteiger partial charge in [-0.15, -0.1) is 0 Å². The van der Waals surface area contributed by atoms with Crippen LogP contribution in [0.25, 0.3) is 68.6 Å². The predicted molar refractivity (Wildman–Crippen MR) is 173 cm³/mol. The Morgan fingerprint density at radius 3 is 1.90 bits per heavy atom. The Morgan fingerprint density at radius 2 is 1.21 bits per heavy atom. The Morgan fingerprint density at radius 1 is 0.643 bits per heavy atom. The topological polar surface area (TPSA) is 86.5 Å². The van der Waals surface area contributed by atoms with Crippen molar-refractivity contribution in [3.8, 4) is 22.3 Å². The average Bonchev–Trinajstić information content (AvgIpc) is 3.83. The van der Waals surface area contributed by atoms with Gasteiger partial charge in [0.1, 0.15) is 0 Å². The van der Waals surface area contributed by atoms with E-state index in [1.807, 2.05) is 86.7 Å². The number of H-pyrrole nitrogens is 2. The van der Waals surface area contributed by atoms with Crippen LogP contribution in [-0.2, 0) is 4.79 Å². The number of anilines is 1. The highest BCUT2D eigenvalue weighted by Crippen LogP contribution is 2.34. The fraction of sp³-hybridized carbons (Fsp3) is 0.0833. The smallest absolute Gasteiger partial charge is 0.227 e. The summed E-state index contributed by atoms with van der Waals surface area (Å²) >= 11 is 0. The van der Waals surface area contributed by atoms with Gasteiger partial charge in [-0.3, -0.25) is 4.79 Å². The van der Waals surface area contributed by atoms with E-state index >= 15 is 0 Å². The van der Waals surface area contributed by atoms with Crippen LogP contribution < -0.4 is 5.32 Å². The zero-order chi connectivity index (χ0) is 28.6. The zero-order valence-electron chi connectivity index (χ0n) is 23.3. The third kappa shape index (κ3) is 4.73. The van der Waals surface area contributed by atoms with Crippen molar-refractivity contribution in [1.29, 1.82) is 0 Å². The summed E-state index contributed by atoms with van der Waals surface area (Å²) in [5.74, 6) is -0.272. The van der Waals surface area contributed by atoms with Crippen LogP contribution in [0.1, 0.15) is 36.6 Å². The van der Waals surface area contributed by atoms with Crippen molar-refractivity contribution in [3.05, 3.63) is 114 Å². The van der Waals surface area contributed by atoms with Gasteiger partial charge in [0, 0.05) is 33.6 Å². The second-order valence-electron chi connectivity index (χ2n) is 10.7. The molecule has 0 spiro atoms. The number of carbonyl (C=O) groups is 1. The lowest BCUT2D eigenvalue weighted by atomic mass is 10.0. The first-order valence-electron chi connectivity index (χ1n) is 14.1. The number of amides is 1. The monoisotopic (exact) mass is 547 g/mol. The number of nitrogens with one attached hydrogen (secondary N) is 3. The zero-order valence-corrected chi connectivity index (χ0v) is 23.3. The first-order valence-corrected chi connectivity index (χ1v) is 14.1. The Bertz CT molecular complexity index is 2010. The average molecular weight is 548 g/mol. The molecular weight excluding hydrogens is 518 g/mol. The Labute approximate surface area is 243 Å². The number of aromatic nitrogens is 4. The van der Waals surface area contributed by atoms with Gasteiger partial charge in [-0.2, -0.15) is 0 Å². The SMILES string of the molecule is CC(C)C(=O)Nc1c2nc(c(-c3ccccc3)c3ccc(cc4nc(c(-c5ccccc5)c5ccc1[nH]5)C=C4)[nH]3)C=C2. The number of rotatable bonds is 4. The van der Waals surface area contributed by atoms with Crippen LogP contribution in [0.4, 0.5) is 5.69 Å². The molecule has 8 bridgehead atoms. The van der Waals surface area contributed by atoms with E-state index < -0.39 is 0 Å². The van der Waals surface area contributed by atoms with E-state index in [2.05, 4.69) is 57.7 Å². The third-order valence-electron chi connectivity index (χ3n) is 7.47. The quantitative estimate of drug-likeness (QED) is 0.206. The van der Waals surface area contributed by atoms with Crippen molar-refractivity contribution >= 4 is 58.0 Å². The lowest BCUT2D eigenvalue weighted by Gasteiger charge is -2.09. The molecule has 1 amide bonds. The summed E-state index contributed by atoms with van der Waals surface area (Å²) < 4.78 is 0. The molecule has 0 unspecified atom stereocenters. The first kappa shape index (κ1) is 25.5. The van der Waals surface area contributed by atoms with Crippen molar-refractivity contribution in [2.24, 2.45) is 5.92 Å². The van der Waals surface area contributed by atoms with Gasteiger partial charge in [-0.05, 0) is 65.8 Å². The molecule has 0 fully saturated rings. The summed E-state index contributed by atoms with van der Waals surface area (Å²) in [6.45, 7) is 3.77. The van der Waals surface area contributed by atoms with Crippen molar-refractivity contribution in [1.82, 2.24) is 19.9 Å². The number of hydrogen-bond donors (Lipinski definition) is 3. The van der Waals surface area contributed by atoms with Crippen molar-refractivity contribution < 1.29 is 4.79 Å². The number of carbonyl (C=O) groups excluding carboxylic acids is 1. The van der Waals surface area contributed by atoms with E-state index in [-0.39, 0.29) is 11.8 Å². The highest BCUT2D eigenvalue weighted by atomic mass is 16.1. The molecule has 0 aliphatic carbocycles. The summed E-state index contributed by atoms with van der Waals surface area (Å²) in [6.07, 6.45) is 8.06. The van der Waals surface area contributed by atoms with Crippen LogP contribution in [0.3, 0.4) is 0 Å². The fourth-order valence-corrected chi connectivity index (χ4v) is 5.36. The number of fused-ring (bicyclic) bond motifs is 8. The van der Waals surface area contributed by atoms with Gasteiger partial charge in [-0.25, -0.2) is 9.97 Å². The van der Waals surface area contributed by atoms with Crippen LogP contribution in [0, 0.1) is 5.92 Å². The molecule has 5 heterocycles. The number of hydrogen-bond acceptors (Lipinski definition) is 3. The number of benzene rings is 2. The maximum absolute atomic E-state index is 13.0. The predicted octanol–water partition coefficient (Wildman–Crippen LogP) is 8.58. The maximum Gasteiger partial charge on any atom is 0.227 e. The summed E-state index contributed by atoms with van der Waals surface area (Å²) in [6, 6.07) is 30.7. The standard InChI is InChI=1S/C36H29N5O/c1-22(2)36(42)41-35-31-19-17-29(39-31)33(23-9-5-3-6-10-23)27-15-13-25(37-27)21-26-14-16-28(38-26)34(24-11-7-4-8-12-24)30-18-20-32(35)40-30/h3-22,37,40H,1-2H3,(H,41,42). The Balaban J connectivity index is 1.62. The van der Waals surface area contributed by atoms with Crippen LogP contribution in [-0.4, -0.2) is 25.8 Å². The van der Waals surface area contributed by atoms with Crippen molar-refractivity contribution in [2.75, 3.05) is 5.32 Å². The van der Waals surface area contributed by atoms with Crippen LogP contribution in [0.2, 0.25) is 0 Å². The molecule has 0 atom stereocenters. The Hall–Kier alpha value is -5.49. The molecule has 3 aromatic heterocycles. The Kier molecular flexibility index (Phi) is 6.36. The van der Waals surface area contributed by atoms with E-state index in [4.69, 9.17) is 9.97 Å². The summed E-state index contributed by atoms with van der Waals surface area (Å²) in [5, 5.41) is 3.16. The molecule has 5 aromatic rings. The van der Waals surface area contributed by atoms with Crippen LogP contribution in [0.5, 0.6) is 0 Å². The molecule has 2 aliphatic rings. The van der Waals surface area contributed by atoms with E-state index in [1.54, 1.807) is 0 Å². The van der Waals surface area contributed by atoms with Gasteiger partial charge in [0.2, 0.25) is 5.91 Å². The lowest BCUT2D eigenvalue weighted by Crippen LogP contribution is -2.18. The second-order valence-corrected chi connectivity index (χ2v) is 10.7. The molecule has 3 N–H and O–H groups in total. The van der Waals surface area contributed by atoms with E-state index in [9.17, 15) is 4.79 Å². The fourth-order valence-electron chi connectivity index (χ4n) is 5.36. The van der Waals surface area contributed by atoms with Gasteiger partial charge >= 0.3 is 0 Å². The van der Waals surface area contributed by atoms with E-state index in [0.29, 0.717) is 11.4 Å². The van der Waals surface area contributed by atoms with Gasteiger partial charge in [0.25, 0.3) is 0 Å². The molecule has 6 nitrogen and oxygen atoms in total. The molecule has 6 heteroatoms. The highest BCUT2D eigenvalue weighted by Gasteiger charge is 2.17. The van der Waals surface area contributed by atoms with Gasteiger partial charge in [0.15, 0.2) is 0 Å². The highest BCUT2D eigenvalue weighted by molar-refractivity contribution is 6.02. The van der Waals surface area contributed by atoms with E-state index in [1.165, 1.54) is 0 Å². The van der Waals surface area contributed by atoms with Crippen molar-refractivity contribution in [3.63, 3.8) is 0 Å². The second kappa shape index (κ2) is 10.5. The molecular formula is C36H29N5O. The molecule has 0 saturated carbocycles. The summed E-state index contributed by atoms with van der Waals surface area (Å²) in [5.41, 5.74) is 11.4. The summed E-state index contributed by atoms with van der Waals surface area (Å²) in [4.78, 5) is 30.3. The molecule has 0 saturated heterocycles. The molecule has 42 heavy (non-hydrogen) atoms. The third-order valence-corrected chi connectivity index (χ3v) is 7.47. The minimum Gasteiger partial charge on any atom is -0.355 e. The molecule has 2 aromatic carbocycles. The largest absolute Gasteiger partial charge is 0.355 e. The normalized spacial score (nSPS) is 12.2. The minimum absolute atomic E-state index is 0.0773. The minimum atomic E-state index is -0.194. The van der Waals surface area contributed by atoms with Crippen molar-refractivity contribution in [2.45, 2.75) is 13.8 Å². The number of nitrogens with zero attached hydrogens (tertiary/aromatic N) is 2. The summed E-state index contributed by atoms with van der Waals surface area (Å²) in [7, 11) is 0. The molecule has 7 rings (SSSR count). The molecule has 0 radical (unpaired) electrons. The van der Waals surface area contributed by atoms with Crippen LogP contribution >= 0.6 is 0 Å². The number of aromatic amines is 2. The first-order chi connectivity index (χ1) is 20.5. The van der Waals surface area contributed by atoms with Crippen LogP contribution in [0.15, 0.2) is 91.0 Å². The molecule has 2 aliphatic heterocycles. The maximum atomic E-state index is 13.0. The molecule has 204 valence electrons.